The van der Waals surface area contributed by atoms with Crippen LogP contribution in [0.15, 0.2) is 60.7 Å². The molecule has 6 rings (SSSR count). The third-order valence-corrected chi connectivity index (χ3v) is 11.3. The second-order valence-corrected chi connectivity index (χ2v) is 13.1. The first kappa shape index (κ1) is 31.3. The molecule has 3 saturated carbocycles. The monoisotopic (exact) mass is 558 g/mol. The summed E-state index contributed by atoms with van der Waals surface area (Å²) >= 11 is 0. The predicted octanol–water partition coefficient (Wildman–Crippen LogP) is 8.33. The van der Waals surface area contributed by atoms with Gasteiger partial charge < -0.3 is 10.6 Å². The lowest BCUT2D eigenvalue weighted by Crippen LogP contribution is -2.63. The van der Waals surface area contributed by atoms with Crippen LogP contribution in [0.1, 0.15) is 111 Å². The second-order valence-electron chi connectivity index (χ2n) is 13.1. The Morgan fingerprint density at radius 3 is 1.98 bits per heavy atom. The molecular weight excluding hydrogens is 504 g/mol. The van der Waals surface area contributed by atoms with Gasteiger partial charge in [0.25, 0.3) is 0 Å². The minimum Gasteiger partial charge on any atom is -0.353 e. The number of hydrogen-bond acceptors (Lipinski definition) is 2. The Hall–Kier alpha value is -2.62. The van der Waals surface area contributed by atoms with Gasteiger partial charge in [-0.3, -0.25) is 9.59 Å². The average Bonchev–Trinajstić information content (AvgIpc) is 3.37. The van der Waals surface area contributed by atoms with Gasteiger partial charge in [0.1, 0.15) is 0 Å². The van der Waals surface area contributed by atoms with E-state index in [4.69, 9.17) is 0 Å². The van der Waals surface area contributed by atoms with Gasteiger partial charge in [0, 0.05) is 18.4 Å². The molecule has 0 aromatic heterocycles. The summed E-state index contributed by atoms with van der Waals surface area (Å²) in [6.45, 7) is 15.3. The third kappa shape index (κ3) is 5.73. The van der Waals surface area contributed by atoms with Crippen LogP contribution in [0.25, 0.3) is 0 Å². The highest BCUT2D eigenvalue weighted by Gasteiger charge is 2.63. The number of benzene rings is 2. The number of carbonyl (C=O) groups excluding carboxylic acids is 2. The molecule has 2 aromatic carbocycles. The zero-order valence-electron chi connectivity index (χ0n) is 26.6. The number of hydrogen-bond donors (Lipinski definition) is 2. The van der Waals surface area contributed by atoms with E-state index in [1.807, 2.05) is 39.8 Å². The molecule has 2 N–H and O–H groups in total. The summed E-state index contributed by atoms with van der Waals surface area (Å²) in [6, 6.07) is 20.9. The van der Waals surface area contributed by atoms with Crippen molar-refractivity contribution < 1.29 is 9.59 Å². The molecule has 2 amide bonds. The molecule has 8 atom stereocenters. The SMILES string of the molecule is CC.CC.CC1CC2NC(=O)CC[C@]2(C)C2CC[C@]3(C)C(C(=O)NC(c4ccccc4)c4ccccc4)CCC3C12. The van der Waals surface area contributed by atoms with Crippen molar-refractivity contribution in [2.24, 2.45) is 40.4 Å². The number of fused-ring (bicyclic) bond motifs is 5. The van der Waals surface area contributed by atoms with Gasteiger partial charge in [0.15, 0.2) is 0 Å². The largest absolute Gasteiger partial charge is 0.353 e. The van der Waals surface area contributed by atoms with Crippen LogP contribution in [0.5, 0.6) is 0 Å². The summed E-state index contributed by atoms with van der Waals surface area (Å²) < 4.78 is 0. The molecule has 4 fully saturated rings. The summed E-state index contributed by atoms with van der Waals surface area (Å²) in [7, 11) is 0. The Morgan fingerprint density at radius 2 is 1.39 bits per heavy atom. The van der Waals surface area contributed by atoms with Gasteiger partial charge in [-0.05, 0) is 84.2 Å². The van der Waals surface area contributed by atoms with Gasteiger partial charge in [0.2, 0.25) is 11.8 Å². The highest BCUT2D eigenvalue weighted by atomic mass is 16.2. The molecular formula is C37H54N2O2. The number of nitrogens with one attached hydrogen (secondary N) is 2. The van der Waals surface area contributed by atoms with E-state index >= 15 is 0 Å². The first-order chi connectivity index (χ1) is 19.8. The van der Waals surface area contributed by atoms with E-state index in [0.717, 1.165) is 43.2 Å². The topological polar surface area (TPSA) is 58.2 Å². The minimum absolute atomic E-state index is 0.0402. The van der Waals surface area contributed by atoms with Crippen molar-refractivity contribution in [3.05, 3.63) is 71.8 Å². The van der Waals surface area contributed by atoms with Crippen molar-refractivity contribution in [3.8, 4) is 0 Å². The molecule has 224 valence electrons. The van der Waals surface area contributed by atoms with Crippen LogP contribution in [0.4, 0.5) is 0 Å². The van der Waals surface area contributed by atoms with E-state index in [1.54, 1.807) is 0 Å². The van der Waals surface area contributed by atoms with Crippen LogP contribution in [0.2, 0.25) is 0 Å². The van der Waals surface area contributed by atoms with Crippen LogP contribution in [0.3, 0.4) is 0 Å². The maximum atomic E-state index is 14.1. The Morgan fingerprint density at radius 1 is 0.829 bits per heavy atom. The molecule has 4 heteroatoms. The standard InChI is InChI=1S/C33H42N2O2.2C2H6/c1-21-20-27-33(3,19-17-28(36)34-27)25-16-18-32(2)24(29(21)25)14-15-26(32)31(37)35-30(22-10-6-4-7-11-22)23-12-8-5-9-13-23;2*1-2/h4-13,21,24-27,29-30H,14-20H2,1-3H3,(H,34,36)(H,35,37);2*1-2H3/t21?,24?,25?,26?,27?,29?,32-,33+;;/m0../s1. The molecule has 0 radical (unpaired) electrons. The lowest BCUT2D eigenvalue weighted by Gasteiger charge is -2.62. The molecule has 1 saturated heterocycles. The molecule has 3 aliphatic carbocycles. The number of piperidine rings is 1. The summed E-state index contributed by atoms with van der Waals surface area (Å²) in [6.07, 6.45) is 7.18. The fourth-order valence-electron chi connectivity index (χ4n) is 9.37. The van der Waals surface area contributed by atoms with Crippen molar-refractivity contribution in [2.75, 3.05) is 0 Å². The van der Waals surface area contributed by atoms with E-state index in [-0.39, 0.29) is 34.6 Å². The highest BCUT2D eigenvalue weighted by Crippen LogP contribution is 2.66. The van der Waals surface area contributed by atoms with Crippen molar-refractivity contribution in [2.45, 2.75) is 105 Å². The van der Waals surface area contributed by atoms with Crippen LogP contribution in [-0.2, 0) is 9.59 Å². The maximum Gasteiger partial charge on any atom is 0.224 e. The molecule has 6 unspecified atom stereocenters. The quantitative estimate of drug-likeness (QED) is 0.396. The van der Waals surface area contributed by atoms with Crippen LogP contribution >= 0.6 is 0 Å². The molecule has 41 heavy (non-hydrogen) atoms. The van der Waals surface area contributed by atoms with Crippen molar-refractivity contribution in [1.82, 2.24) is 10.6 Å². The van der Waals surface area contributed by atoms with Gasteiger partial charge in [-0.25, -0.2) is 0 Å². The zero-order chi connectivity index (χ0) is 29.8. The average molecular weight is 559 g/mol. The smallest absolute Gasteiger partial charge is 0.224 e. The molecule has 0 spiro atoms. The second kappa shape index (κ2) is 13.1. The lowest BCUT2D eigenvalue weighted by molar-refractivity contribution is -0.148. The first-order valence-electron chi connectivity index (χ1n) is 16.5. The van der Waals surface area contributed by atoms with Crippen molar-refractivity contribution >= 4 is 11.8 Å². The van der Waals surface area contributed by atoms with Gasteiger partial charge in [-0.15, -0.1) is 0 Å². The number of amides is 2. The summed E-state index contributed by atoms with van der Waals surface area (Å²) in [5.74, 6) is 2.96. The molecule has 0 bridgehead atoms. The van der Waals surface area contributed by atoms with Crippen LogP contribution in [-0.4, -0.2) is 17.9 Å². The lowest BCUT2D eigenvalue weighted by atomic mass is 9.45. The Kier molecular flexibility index (Phi) is 10.0. The highest BCUT2D eigenvalue weighted by molar-refractivity contribution is 5.81. The Labute approximate surface area is 249 Å². The van der Waals surface area contributed by atoms with Gasteiger partial charge in [-0.1, -0.05) is 109 Å². The zero-order valence-corrected chi connectivity index (χ0v) is 26.6. The maximum absolute atomic E-state index is 14.1. The van der Waals surface area contributed by atoms with Crippen LogP contribution < -0.4 is 10.6 Å². The molecule has 4 nitrogen and oxygen atoms in total. The molecule has 1 heterocycles. The predicted molar refractivity (Wildman–Crippen MR) is 169 cm³/mol. The van der Waals surface area contributed by atoms with E-state index in [1.165, 1.54) is 6.42 Å². The normalized spacial score (nSPS) is 35.3. The summed E-state index contributed by atoms with van der Waals surface area (Å²) in [4.78, 5) is 26.3. The summed E-state index contributed by atoms with van der Waals surface area (Å²) in [5.41, 5.74) is 2.49. The van der Waals surface area contributed by atoms with E-state index < -0.39 is 0 Å². The molecule has 2 aromatic rings. The van der Waals surface area contributed by atoms with E-state index in [0.29, 0.717) is 36.1 Å². The first-order valence-corrected chi connectivity index (χ1v) is 16.5. The Balaban J connectivity index is 0.000000929. The molecule has 4 aliphatic rings. The van der Waals surface area contributed by atoms with Crippen molar-refractivity contribution in [3.63, 3.8) is 0 Å². The Bertz CT molecular complexity index is 1110. The van der Waals surface area contributed by atoms with E-state index in [9.17, 15) is 9.59 Å². The molecule has 1 aliphatic heterocycles. The fourth-order valence-corrected chi connectivity index (χ4v) is 9.37. The van der Waals surface area contributed by atoms with Crippen molar-refractivity contribution in [1.29, 1.82) is 0 Å². The fraction of sp³-hybridized carbons (Fsp3) is 0.622. The number of carbonyl (C=O) groups is 2. The summed E-state index contributed by atoms with van der Waals surface area (Å²) in [5, 5.41) is 6.87. The number of rotatable bonds is 4. The van der Waals surface area contributed by atoms with Gasteiger partial charge >= 0.3 is 0 Å². The third-order valence-electron chi connectivity index (χ3n) is 11.3. The van der Waals surface area contributed by atoms with Gasteiger partial charge in [0.05, 0.1) is 6.04 Å². The minimum atomic E-state index is -0.131. The van der Waals surface area contributed by atoms with E-state index in [2.05, 4.69) is 79.9 Å². The van der Waals surface area contributed by atoms with Crippen LogP contribution in [0, 0.1) is 40.4 Å². The van der Waals surface area contributed by atoms with Gasteiger partial charge in [-0.2, -0.15) is 0 Å².